The fourth-order valence-corrected chi connectivity index (χ4v) is 3.16. The number of thiophene rings is 1. The Morgan fingerprint density at radius 2 is 2.15 bits per heavy atom. The van der Waals surface area contributed by atoms with Crippen molar-refractivity contribution in [1.29, 1.82) is 0 Å². The van der Waals surface area contributed by atoms with Crippen molar-refractivity contribution >= 4 is 21.6 Å². The predicted octanol–water partition coefficient (Wildman–Crippen LogP) is 1.80. The van der Waals surface area contributed by atoms with Gasteiger partial charge in [0.2, 0.25) is 0 Å². The van der Waals surface area contributed by atoms with Gasteiger partial charge in [-0.25, -0.2) is 4.98 Å². The number of rotatable bonds is 5. The lowest BCUT2D eigenvalue weighted by Crippen LogP contribution is -2.24. The fourth-order valence-electron chi connectivity index (χ4n) is 2.12. The molecule has 2 N–H and O–H groups in total. The van der Waals surface area contributed by atoms with Crippen LogP contribution in [0, 0.1) is 13.8 Å². The number of nitrogens with one attached hydrogen (secondary N) is 1. The van der Waals surface area contributed by atoms with Crippen molar-refractivity contribution in [3.05, 3.63) is 26.6 Å². The Balaban J connectivity index is 2.22. The van der Waals surface area contributed by atoms with Crippen LogP contribution in [0.15, 0.2) is 4.79 Å². The van der Waals surface area contributed by atoms with E-state index in [1.165, 1.54) is 0 Å². The molecular formula is C14H21N3O2S. The van der Waals surface area contributed by atoms with E-state index in [0.29, 0.717) is 24.2 Å². The second-order valence-corrected chi connectivity index (χ2v) is 6.55. The first-order valence-electron chi connectivity index (χ1n) is 6.74. The third-order valence-electron chi connectivity index (χ3n) is 3.44. The Hall–Kier alpha value is -1.24. The molecule has 2 heterocycles. The summed E-state index contributed by atoms with van der Waals surface area (Å²) < 4.78 is 0. The average Bonchev–Trinajstić information content (AvgIpc) is 2.62. The summed E-state index contributed by atoms with van der Waals surface area (Å²) in [7, 11) is 1.96. The highest BCUT2D eigenvalue weighted by Crippen LogP contribution is 2.25. The molecule has 0 aliphatic rings. The lowest BCUT2D eigenvalue weighted by Gasteiger charge is -2.16. The molecule has 2 rings (SSSR count). The number of aromatic nitrogens is 2. The highest BCUT2D eigenvalue weighted by atomic mass is 32.1. The van der Waals surface area contributed by atoms with Crippen LogP contribution >= 0.6 is 11.3 Å². The summed E-state index contributed by atoms with van der Waals surface area (Å²) in [6, 6.07) is 0. The van der Waals surface area contributed by atoms with Crippen LogP contribution in [0.25, 0.3) is 10.2 Å². The van der Waals surface area contributed by atoms with Gasteiger partial charge in [0.25, 0.3) is 5.56 Å². The second kappa shape index (κ2) is 6.03. The number of nitrogens with zero attached hydrogens (tertiary/aromatic N) is 2. The van der Waals surface area contributed by atoms with E-state index < -0.39 is 0 Å². The molecule has 0 saturated carbocycles. The van der Waals surface area contributed by atoms with E-state index in [4.69, 9.17) is 0 Å². The Kier molecular flexibility index (Phi) is 4.57. The van der Waals surface area contributed by atoms with E-state index in [1.54, 1.807) is 18.3 Å². The molecule has 110 valence electrons. The predicted molar refractivity (Wildman–Crippen MR) is 82.3 cm³/mol. The number of hydrogen-bond acceptors (Lipinski definition) is 5. The molecule has 5 nitrogen and oxygen atoms in total. The zero-order chi connectivity index (χ0) is 14.9. The first-order valence-corrected chi connectivity index (χ1v) is 7.55. The quantitative estimate of drug-likeness (QED) is 0.882. The van der Waals surface area contributed by atoms with Gasteiger partial charge in [0.05, 0.1) is 18.0 Å². The third-order valence-corrected chi connectivity index (χ3v) is 4.54. The smallest absolute Gasteiger partial charge is 0.259 e. The second-order valence-electron chi connectivity index (χ2n) is 5.35. The van der Waals surface area contributed by atoms with Crippen molar-refractivity contribution < 1.29 is 5.11 Å². The molecule has 0 aromatic carbocycles. The normalized spacial score (nSPS) is 13.3. The molecule has 0 saturated heterocycles. The van der Waals surface area contributed by atoms with Crippen molar-refractivity contribution in [3.8, 4) is 0 Å². The van der Waals surface area contributed by atoms with Crippen molar-refractivity contribution in [2.75, 3.05) is 13.6 Å². The summed E-state index contributed by atoms with van der Waals surface area (Å²) in [5.41, 5.74) is 0.962. The maximum Gasteiger partial charge on any atom is 0.259 e. The topological polar surface area (TPSA) is 69.2 Å². The summed E-state index contributed by atoms with van der Waals surface area (Å²) in [6.07, 6.45) is 0.398. The van der Waals surface area contributed by atoms with Gasteiger partial charge in [-0.3, -0.25) is 9.69 Å². The maximum absolute atomic E-state index is 12.1. The van der Waals surface area contributed by atoms with Crippen LogP contribution in [0.5, 0.6) is 0 Å². The number of aliphatic hydroxyl groups is 1. The van der Waals surface area contributed by atoms with E-state index >= 15 is 0 Å². The van der Waals surface area contributed by atoms with Crippen molar-refractivity contribution in [3.63, 3.8) is 0 Å². The molecule has 0 fully saturated rings. The van der Waals surface area contributed by atoms with Crippen molar-refractivity contribution in [1.82, 2.24) is 14.9 Å². The van der Waals surface area contributed by atoms with Crippen LogP contribution in [0.3, 0.4) is 0 Å². The molecule has 2 aromatic heterocycles. The Morgan fingerprint density at radius 1 is 1.45 bits per heavy atom. The number of aromatic amines is 1. The van der Waals surface area contributed by atoms with Crippen LogP contribution in [0.2, 0.25) is 0 Å². The molecule has 1 atom stereocenters. The lowest BCUT2D eigenvalue weighted by atomic mass is 10.2. The van der Waals surface area contributed by atoms with Crippen LogP contribution in [0.1, 0.15) is 29.6 Å². The Morgan fingerprint density at radius 3 is 2.80 bits per heavy atom. The molecule has 1 unspecified atom stereocenters. The molecule has 0 radical (unpaired) electrons. The van der Waals surface area contributed by atoms with E-state index in [-0.39, 0.29) is 11.7 Å². The molecule has 6 heteroatoms. The summed E-state index contributed by atoms with van der Waals surface area (Å²) in [4.78, 5) is 23.5. The van der Waals surface area contributed by atoms with E-state index in [0.717, 1.165) is 21.8 Å². The molecule has 0 aliphatic carbocycles. The van der Waals surface area contributed by atoms with Crippen LogP contribution in [0.4, 0.5) is 0 Å². The monoisotopic (exact) mass is 295 g/mol. The summed E-state index contributed by atoms with van der Waals surface area (Å²) >= 11 is 1.56. The lowest BCUT2D eigenvalue weighted by molar-refractivity contribution is 0.162. The molecule has 20 heavy (non-hydrogen) atoms. The van der Waals surface area contributed by atoms with Gasteiger partial charge < -0.3 is 10.1 Å². The molecule has 0 bridgehead atoms. The zero-order valence-electron chi connectivity index (χ0n) is 12.4. The number of H-pyrrole nitrogens is 1. The number of aryl methyl sites for hydroxylation is 2. The highest BCUT2D eigenvalue weighted by molar-refractivity contribution is 7.18. The van der Waals surface area contributed by atoms with Gasteiger partial charge in [-0.05, 0) is 39.8 Å². The highest BCUT2D eigenvalue weighted by Gasteiger charge is 2.12. The SMILES string of the molecule is Cc1sc2nc(CN(C)CCC(C)O)[nH]c(=O)c2c1C. The standard InChI is InChI=1S/C14H21N3O2S/c1-8(18)5-6-17(4)7-11-15-13(19)12-9(2)10(3)20-14(12)16-11/h8,18H,5-7H2,1-4H3,(H,15,16,19). The summed E-state index contributed by atoms with van der Waals surface area (Å²) in [5.74, 6) is 0.678. The molecular weight excluding hydrogens is 274 g/mol. The van der Waals surface area contributed by atoms with Gasteiger partial charge >= 0.3 is 0 Å². The van der Waals surface area contributed by atoms with Gasteiger partial charge in [0.1, 0.15) is 10.7 Å². The van der Waals surface area contributed by atoms with Crippen LogP contribution in [-0.2, 0) is 6.54 Å². The zero-order valence-corrected chi connectivity index (χ0v) is 13.2. The van der Waals surface area contributed by atoms with Gasteiger partial charge in [-0.1, -0.05) is 0 Å². The Bertz CT molecular complexity index is 660. The molecule has 0 aliphatic heterocycles. The van der Waals surface area contributed by atoms with Crippen LogP contribution in [-0.4, -0.2) is 39.7 Å². The van der Waals surface area contributed by atoms with Crippen LogP contribution < -0.4 is 5.56 Å². The van der Waals surface area contributed by atoms with Gasteiger partial charge in [0, 0.05) is 11.4 Å². The van der Waals surface area contributed by atoms with Gasteiger partial charge in [-0.15, -0.1) is 11.3 Å². The van der Waals surface area contributed by atoms with E-state index in [1.807, 2.05) is 25.8 Å². The number of aliphatic hydroxyl groups excluding tert-OH is 1. The number of hydrogen-bond donors (Lipinski definition) is 2. The molecule has 0 spiro atoms. The summed E-state index contributed by atoms with van der Waals surface area (Å²) in [6.45, 7) is 7.09. The maximum atomic E-state index is 12.1. The molecule has 2 aromatic rings. The van der Waals surface area contributed by atoms with E-state index in [9.17, 15) is 9.90 Å². The largest absolute Gasteiger partial charge is 0.393 e. The average molecular weight is 295 g/mol. The minimum absolute atomic E-state index is 0.0595. The summed E-state index contributed by atoms with van der Waals surface area (Å²) in [5, 5.41) is 10.00. The van der Waals surface area contributed by atoms with Gasteiger partial charge in [0.15, 0.2) is 0 Å². The van der Waals surface area contributed by atoms with E-state index in [2.05, 4.69) is 9.97 Å². The van der Waals surface area contributed by atoms with Gasteiger partial charge in [-0.2, -0.15) is 0 Å². The van der Waals surface area contributed by atoms with Crippen molar-refractivity contribution in [2.24, 2.45) is 0 Å². The van der Waals surface area contributed by atoms with Crippen molar-refractivity contribution in [2.45, 2.75) is 39.8 Å². The Labute approximate surface area is 122 Å². The minimum Gasteiger partial charge on any atom is -0.393 e. The third kappa shape index (κ3) is 3.26. The first kappa shape index (κ1) is 15.2. The number of fused-ring (bicyclic) bond motifs is 1. The minimum atomic E-state index is -0.311. The molecule has 0 amide bonds. The first-order chi connectivity index (χ1) is 9.38. The fraction of sp³-hybridized carbons (Fsp3) is 0.571.